The third-order valence-corrected chi connectivity index (χ3v) is 7.58. The fourth-order valence-corrected chi connectivity index (χ4v) is 5.40. The van der Waals surface area contributed by atoms with Crippen molar-refractivity contribution in [2.45, 2.75) is 17.9 Å². The first-order chi connectivity index (χ1) is 17.4. The van der Waals surface area contributed by atoms with Gasteiger partial charge in [0.25, 0.3) is 10.0 Å². The van der Waals surface area contributed by atoms with Gasteiger partial charge in [0.1, 0.15) is 12.3 Å². The number of amides is 1. The highest BCUT2D eigenvalue weighted by atomic mass is 32.2. The normalized spacial score (nSPS) is 11.9. The second-order valence-corrected chi connectivity index (χ2v) is 10.2. The zero-order valence-electron chi connectivity index (χ0n) is 20.2. The van der Waals surface area contributed by atoms with E-state index in [0.29, 0.717) is 11.4 Å². The number of hydrogen-bond acceptors (Lipinski definition) is 4. The van der Waals surface area contributed by atoms with Gasteiger partial charge in [0.05, 0.1) is 23.7 Å². The van der Waals surface area contributed by atoms with Crippen molar-refractivity contribution in [2.75, 3.05) is 18.0 Å². The average molecular weight is 501 g/mol. The van der Waals surface area contributed by atoms with Crippen molar-refractivity contribution in [1.29, 1.82) is 0 Å². The minimum Gasteiger partial charge on any atom is -0.497 e. The van der Waals surface area contributed by atoms with E-state index in [-0.39, 0.29) is 11.4 Å². The van der Waals surface area contributed by atoms with Crippen LogP contribution in [-0.4, -0.2) is 28.0 Å². The number of carbonyl (C=O) groups is 1. The number of methoxy groups -OCH3 is 1. The van der Waals surface area contributed by atoms with Gasteiger partial charge in [0.15, 0.2) is 0 Å². The quantitative estimate of drug-likeness (QED) is 0.347. The first-order valence-corrected chi connectivity index (χ1v) is 13.0. The fraction of sp³-hybridized carbons (Fsp3) is 0.138. The fourth-order valence-electron chi connectivity index (χ4n) is 3.98. The van der Waals surface area contributed by atoms with Gasteiger partial charge in [-0.3, -0.25) is 9.10 Å². The van der Waals surface area contributed by atoms with Crippen molar-refractivity contribution in [3.8, 4) is 5.75 Å². The molecule has 6 nitrogen and oxygen atoms in total. The van der Waals surface area contributed by atoms with Crippen LogP contribution in [0.25, 0.3) is 0 Å². The Bertz CT molecular complexity index is 1410. The summed E-state index contributed by atoms with van der Waals surface area (Å²) in [6, 6.07) is 31.8. The highest BCUT2D eigenvalue weighted by Gasteiger charge is 2.28. The number of nitrogens with zero attached hydrogens (tertiary/aromatic N) is 1. The monoisotopic (exact) mass is 500 g/mol. The standard InChI is InChI=1S/C29H28N2O4S/c1-22-10-9-13-24(20-22)29(23-11-5-3-6-12-23)30-28(32)21-31(25-14-7-4-8-15-25)36(33,34)27-18-16-26(35-2)17-19-27/h3-20,29H,21H2,1-2H3,(H,30,32). The van der Waals surface area contributed by atoms with E-state index in [9.17, 15) is 13.2 Å². The number of ether oxygens (including phenoxy) is 1. The van der Waals surface area contributed by atoms with E-state index in [1.807, 2.05) is 61.5 Å². The average Bonchev–Trinajstić information content (AvgIpc) is 2.91. The van der Waals surface area contributed by atoms with Crippen molar-refractivity contribution in [2.24, 2.45) is 0 Å². The molecule has 0 heterocycles. The molecule has 0 radical (unpaired) electrons. The third-order valence-electron chi connectivity index (χ3n) is 5.79. The minimum atomic E-state index is -4.03. The van der Waals surface area contributed by atoms with Crippen molar-refractivity contribution < 1.29 is 17.9 Å². The number of hydrogen-bond donors (Lipinski definition) is 1. The molecule has 36 heavy (non-hydrogen) atoms. The summed E-state index contributed by atoms with van der Waals surface area (Å²) in [6.07, 6.45) is 0. The van der Waals surface area contributed by atoms with Gasteiger partial charge in [0, 0.05) is 0 Å². The highest BCUT2D eigenvalue weighted by Crippen LogP contribution is 2.26. The second kappa shape index (κ2) is 11.1. The van der Waals surface area contributed by atoms with Gasteiger partial charge >= 0.3 is 0 Å². The Morgan fingerprint density at radius 3 is 2.06 bits per heavy atom. The number of carbonyl (C=O) groups excluding carboxylic acids is 1. The van der Waals surface area contributed by atoms with Crippen LogP contribution in [0.2, 0.25) is 0 Å². The molecule has 184 valence electrons. The summed E-state index contributed by atoms with van der Waals surface area (Å²) < 4.78 is 33.6. The molecule has 4 aromatic rings. The Balaban J connectivity index is 1.66. The Labute approximate surface area is 212 Å². The lowest BCUT2D eigenvalue weighted by Crippen LogP contribution is -2.42. The molecule has 4 aromatic carbocycles. The van der Waals surface area contributed by atoms with Crippen LogP contribution in [0.3, 0.4) is 0 Å². The van der Waals surface area contributed by atoms with Gasteiger partial charge in [-0.2, -0.15) is 0 Å². The topological polar surface area (TPSA) is 75.7 Å². The number of rotatable bonds is 9. The second-order valence-electron chi connectivity index (χ2n) is 8.35. The van der Waals surface area contributed by atoms with Crippen LogP contribution in [0.4, 0.5) is 5.69 Å². The summed E-state index contributed by atoms with van der Waals surface area (Å²) in [6.45, 7) is 1.61. The van der Waals surface area contributed by atoms with E-state index in [4.69, 9.17) is 4.74 Å². The van der Waals surface area contributed by atoms with E-state index in [1.165, 1.54) is 19.2 Å². The zero-order chi connectivity index (χ0) is 25.5. The van der Waals surface area contributed by atoms with Gasteiger partial charge in [-0.25, -0.2) is 8.42 Å². The Morgan fingerprint density at radius 2 is 1.44 bits per heavy atom. The lowest BCUT2D eigenvalue weighted by molar-refractivity contribution is -0.120. The van der Waals surface area contributed by atoms with Crippen LogP contribution in [0.1, 0.15) is 22.7 Å². The van der Waals surface area contributed by atoms with Crippen molar-refractivity contribution in [1.82, 2.24) is 5.32 Å². The molecule has 0 aliphatic carbocycles. The predicted octanol–water partition coefficient (Wildman–Crippen LogP) is 5.10. The maximum Gasteiger partial charge on any atom is 0.264 e. The van der Waals surface area contributed by atoms with Crippen molar-refractivity contribution in [3.05, 3.63) is 126 Å². The van der Waals surface area contributed by atoms with Crippen LogP contribution in [0.15, 0.2) is 114 Å². The van der Waals surface area contributed by atoms with Gasteiger partial charge in [0.2, 0.25) is 5.91 Å². The minimum absolute atomic E-state index is 0.0678. The van der Waals surface area contributed by atoms with Crippen molar-refractivity contribution in [3.63, 3.8) is 0 Å². The maximum absolute atomic E-state index is 13.6. The first kappa shape index (κ1) is 25.0. The molecule has 0 bridgehead atoms. The molecule has 1 unspecified atom stereocenters. The van der Waals surface area contributed by atoms with Gasteiger partial charge < -0.3 is 10.1 Å². The van der Waals surface area contributed by atoms with Gasteiger partial charge in [-0.1, -0.05) is 78.4 Å². The molecule has 0 saturated carbocycles. The Hall–Kier alpha value is -4.10. The summed E-state index contributed by atoms with van der Waals surface area (Å²) in [5.41, 5.74) is 3.28. The summed E-state index contributed by atoms with van der Waals surface area (Å²) in [5.74, 6) is 0.119. The molecule has 0 aliphatic rings. The van der Waals surface area contributed by atoms with E-state index >= 15 is 0 Å². The molecule has 0 saturated heterocycles. The number of nitrogens with one attached hydrogen (secondary N) is 1. The molecule has 0 spiro atoms. The van der Waals surface area contributed by atoms with Crippen LogP contribution in [0.5, 0.6) is 5.75 Å². The van der Waals surface area contributed by atoms with Crippen LogP contribution in [0, 0.1) is 6.92 Å². The smallest absolute Gasteiger partial charge is 0.264 e. The van der Waals surface area contributed by atoms with Crippen LogP contribution < -0.4 is 14.4 Å². The zero-order valence-corrected chi connectivity index (χ0v) is 21.0. The summed E-state index contributed by atoms with van der Waals surface area (Å²) in [5, 5.41) is 3.05. The van der Waals surface area contributed by atoms with Crippen LogP contribution in [-0.2, 0) is 14.8 Å². The van der Waals surface area contributed by atoms with Crippen molar-refractivity contribution >= 4 is 21.6 Å². The largest absolute Gasteiger partial charge is 0.497 e. The molecule has 0 fully saturated rings. The van der Waals surface area contributed by atoms with E-state index in [0.717, 1.165) is 21.0 Å². The number of aryl methyl sites for hydroxylation is 1. The maximum atomic E-state index is 13.6. The summed E-state index contributed by atoms with van der Waals surface area (Å²) in [4.78, 5) is 13.5. The van der Waals surface area contributed by atoms with Crippen LogP contribution >= 0.6 is 0 Å². The highest BCUT2D eigenvalue weighted by molar-refractivity contribution is 7.92. The molecule has 1 N–H and O–H groups in total. The van der Waals surface area contributed by atoms with E-state index < -0.39 is 22.0 Å². The molecule has 4 rings (SSSR count). The molecule has 1 amide bonds. The lowest BCUT2D eigenvalue weighted by Gasteiger charge is -2.26. The summed E-state index contributed by atoms with van der Waals surface area (Å²) in [7, 11) is -2.51. The number of anilines is 1. The summed E-state index contributed by atoms with van der Waals surface area (Å²) >= 11 is 0. The molecule has 0 aromatic heterocycles. The molecule has 7 heteroatoms. The lowest BCUT2D eigenvalue weighted by atomic mass is 9.97. The van der Waals surface area contributed by atoms with Gasteiger partial charge in [-0.15, -0.1) is 0 Å². The molecule has 1 atom stereocenters. The molecular formula is C29H28N2O4S. The molecular weight excluding hydrogens is 472 g/mol. The van der Waals surface area contributed by atoms with Gasteiger partial charge in [-0.05, 0) is 54.4 Å². The van der Waals surface area contributed by atoms with E-state index in [2.05, 4.69) is 5.32 Å². The molecule has 0 aliphatic heterocycles. The number of para-hydroxylation sites is 1. The SMILES string of the molecule is COc1ccc(S(=O)(=O)N(CC(=O)NC(c2ccccc2)c2cccc(C)c2)c2ccccc2)cc1. The Morgan fingerprint density at radius 1 is 0.833 bits per heavy atom. The first-order valence-electron chi connectivity index (χ1n) is 11.5. The number of benzene rings is 4. The number of sulfonamides is 1. The van der Waals surface area contributed by atoms with E-state index in [1.54, 1.807) is 42.5 Å². The Kier molecular flexibility index (Phi) is 7.71. The predicted molar refractivity (Wildman–Crippen MR) is 142 cm³/mol. The third kappa shape index (κ3) is 5.75.